The number of thiophene rings is 1. The Labute approximate surface area is 107 Å². The molecule has 1 aliphatic heterocycles. The van der Waals surface area contributed by atoms with Crippen LogP contribution in [0, 0.1) is 0 Å². The Bertz CT molecular complexity index is 361. The van der Waals surface area contributed by atoms with Crippen molar-refractivity contribution >= 4 is 33.0 Å². The Morgan fingerprint density at radius 2 is 2.56 bits per heavy atom. The van der Waals surface area contributed by atoms with Gasteiger partial charge in [-0.05, 0) is 27.4 Å². The Morgan fingerprint density at radius 3 is 3.19 bits per heavy atom. The van der Waals surface area contributed by atoms with Crippen LogP contribution in [-0.2, 0) is 16.0 Å². The predicted molar refractivity (Wildman–Crippen MR) is 68.0 cm³/mol. The summed E-state index contributed by atoms with van der Waals surface area (Å²) < 4.78 is 6.54. The van der Waals surface area contributed by atoms with Crippen LogP contribution in [0.1, 0.15) is 11.3 Å². The van der Waals surface area contributed by atoms with Gasteiger partial charge in [-0.1, -0.05) is 0 Å². The number of nitrogens with one attached hydrogen (secondary N) is 1. The molecule has 0 radical (unpaired) electrons. The molecule has 0 bridgehead atoms. The second kappa shape index (κ2) is 5.91. The van der Waals surface area contributed by atoms with Crippen LogP contribution < -0.4 is 5.32 Å². The van der Waals surface area contributed by atoms with E-state index >= 15 is 0 Å². The first-order valence-electron chi connectivity index (χ1n) is 5.31. The summed E-state index contributed by atoms with van der Waals surface area (Å²) in [7, 11) is 0. The van der Waals surface area contributed by atoms with E-state index < -0.39 is 0 Å². The minimum Gasteiger partial charge on any atom is -0.375 e. The van der Waals surface area contributed by atoms with E-state index in [2.05, 4.69) is 21.2 Å². The smallest absolute Gasteiger partial charge is 0.140 e. The lowest BCUT2D eigenvalue weighted by molar-refractivity contribution is -0.121. The molecule has 1 saturated heterocycles. The number of Topliss-reactive ketones (excluding diaryl/α,β-unsaturated/α-hetero) is 1. The summed E-state index contributed by atoms with van der Waals surface area (Å²) in [6, 6.07) is 1.98. The van der Waals surface area contributed by atoms with E-state index in [1.807, 2.05) is 11.4 Å². The molecule has 1 unspecified atom stereocenters. The van der Waals surface area contributed by atoms with Gasteiger partial charge in [0.15, 0.2) is 0 Å². The van der Waals surface area contributed by atoms with Gasteiger partial charge in [0.1, 0.15) is 5.78 Å². The lowest BCUT2D eigenvalue weighted by Gasteiger charge is -2.22. The van der Waals surface area contributed by atoms with Gasteiger partial charge in [-0.2, -0.15) is 0 Å². The van der Waals surface area contributed by atoms with Crippen molar-refractivity contribution in [3.63, 3.8) is 0 Å². The molecule has 2 rings (SSSR count). The van der Waals surface area contributed by atoms with Crippen LogP contribution >= 0.6 is 27.3 Å². The third-order valence-corrected chi connectivity index (χ3v) is 4.43. The fourth-order valence-corrected chi connectivity index (χ4v) is 3.23. The molecule has 2 heterocycles. The van der Waals surface area contributed by atoms with E-state index in [9.17, 15) is 4.79 Å². The summed E-state index contributed by atoms with van der Waals surface area (Å²) >= 11 is 5.05. The number of halogens is 1. The Morgan fingerprint density at radius 1 is 1.69 bits per heavy atom. The van der Waals surface area contributed by atoms with E-state index in [1.165, 1.54) is 0 Å². The van der Waals surface area contributed by atoms with Gasteiger partial charge in [0.25, 0.3) is 0 Å². The van der Waals surface area contributed by atoms with Crippen molar-refractivity contribution in [2.24, 2.45) is 0 Å². The Hall–Kier alpha value is -0.230. The maximum Gasteiger partial charge on any atom is 0.140 e. The predicted octanol–water partition coefficient (Wildman–Crippen LogP) is 2.00. The highest BCUT2D eigenvalue weighted by molar-refractivity contribution is 9.10. The van der Waals surface area contributed by atoms with E-state index in [1.54, 1.807) is 11.3 Å². The van der Waals surface area contributed by atoms with Crippen molar-refractivity contribution in [2.75, 3.05) is 19.7 Å². The Kier molecular flexibility index (Phi) is 4.52. The maximum atomic E-state index is 11.8. The molecule has 0 aliphatic carbocycles. The number of morpholine rings is 1. The summed E-state index contributed by atoms with van der Waals surface area (Å²) in [5.74, 6) is 0.247. The average Bonchev–Trinajstić information content (AvgIpc) is 2.66. The fourth-order valence-electron chi connectivity index (χ4n) is 1.71. The van der Waals surface area contributed by atoms with E-state index in [0.717, 1.165) is 22.4 Å². The summed E-state index contributed by atoms with van der Waals surface area (Å²) in [5.41, 5.74) is 0. The molecular weight excluding hydrogens is 290 g/mol. The molecule has 5 heteroatoms. The molecule has 1 aromatic heterocycles. The first-order chi connectivity index (χ1) is 7.75. The topological polar surface area (TPSA) is 38.3 Å². The van der Waals surface area contributed by atoms with Crippen molar-refractivity contribution in [3.05, 3.63) is 20.8 Å². The fraction of sp³-hybridized carbons (Fsp3) is 0.545. The summed E-state index contributed by atoms with van der Waals surface area (Å²) in [5, 5.41) is 5.22. The SMILES string of the molecule is O=C(Cc1sccc1Br)CC1CNCCO1. The average molecular weight is 304 g/mol. The van der Waals surface area contributed by atoms with Crippen LogP contribution in [0.4, 0.5) is 0 Å². The number of carbonyl (C=O) groups is 1. The van der Waals surface area contributed by atoms with Crippen LogP contribution in [0.2, 0.25) is 0 Å². The first-order valence-corrected chi connectivity index (χ1v) is 6.99. The number of ether oxygens (including phenoxy) is 1. The van der Waals surface area contributed by atoms with Crippen molar-refractivity contribution in [3.8, 4) is 0 Å². The molecule has 1 aliphatic rings. The van der Waals surface area contributed by atoms with Gasteiger partial charge >= 0.3 is 0 Å². The summed E-state index contributed by atoms with van der Waals surface area (Å²) in [6.07, 6.45) is 1.08. The number of hydrogen-bond acceptors (Lipinski definition) is 4. The van der Waals surface area contributed by atoms with Crippen LogP contribution in [0.25, 0.3) is 0 Å². The second-order valence-electron chi connectivity index (χ2n) is 3.81. The maximum absolute atomic E-state index is 11.8. The minimum atomic E-state index is 0.0555. The highest BCUT2D eigenvalue weighted by atomic mass is 79.9. The van der Waals surface area contributed by atoms with Gasteiger partial charge in [0.2, 0.25) is 0 Å². The molecule has 1 atom stereocenters. The van der Waals surface area contributed by atoms with Crippen LogP contribution in [0.3, 0.4) is 0 Å². The molecule has 0 amide bonds. The van der Waals surface area contributed by atoms with Crippen molar-refractivity contribution < 1.29 is 9.53 Å². The number of hydrogen-bond donors (Lipinski definition) is 1. The molecule has 1 fully saturated rings. The molecule has 0 aromatic carbocycles. The zero-order valence-electron chi connectivity index (χ0n) is 8.87. The van der Waals surface area contributed by atoms with Crippen molar-refractivity contribution in [1.82, 2.24) is 5.32 Å². The van der Waals surface area contributed by atoms with E-state index in [4.69, 9.17) is 4.74 Å². The number of carbonyl (C=O) groups excluding carboxylic acids is 1. The van der Waals surface area contributed by atoms with Crippen molar-refractivity contribution in [2.45, 2.75) is 18.9 Å². The quantitative estimate of drug-likeness (QED) is 0.924. The van der Waals surface area contributed by atoms with Crippen LogP contribution in [0.5, 0.6) is 0 Å². The van der Waals surface area contributed by atoms with Gasteiger partial charge < -0.3 is 10.1 Å². The van der Waals surface area contributed by atoms with Crippen LogP contribution in [-0.4, -0.2) is 31.6 Å². The molecule has 0 saturated carbocycles. The lowest BCUT2D eigenvalue weighted by Crippen LogP contribution is -2.39. The summed E-state index contributed by atoms with van der Waals surface area (Å²) in [4.78, 5) is 12.9. The molecule has 88 valence electrons. The third kappa shape index (κ3) is 3.38. The molecular formula is C11H14BrNO2S. The highest BCUT2D eigenvalue weighted by Gasteiger charge is 2.18. The number of rotatable bonds is 4. The first kappa shape index (κ1) is 12.2. The van der Waals surface area contributed by atoms with Gasteiger partial charge in [0.05, 0.1) is 12.7 Å². The second-order valence-corrected chi connectivity index (χ2v) is 5.66. The Balaban J connectivity index is 1.82. The molecule has 3 nitrogen and oxygen atoms in total. The zero-order valence-corrected chi connectivity index (χ0v) is 11.3. The van der Waals surface area contributed by atoms with Crippen molar-refractivity contribution in [1.29, 1.82) is 0 Å². The largest absolute Gasteiger partial charge is 0.375 e. The van der Waals surface area contributed by atoms with Gasteiger partial charge in [-0.25, -0.2) is 0 Å². The highest BCUT2D eigenvalue weighted by Crippen LogP contribution is 2.23. The minimum absolute atomic E-state index is 0.0555. The zero-order chi connectivity index (χ0) is 11.4. The normalized spacial score (nSPS) is 20.9. The number of ketones is 1. The van der Waals surface area contributed by atoms with Gasteiger partial charge in [-0.15, -0.1) is 11.3 Å². The van der Waals surface area contributed by atoms with Crippen LogP contribution in [0.15, 0.2) is 15.9 Å². The van der Waals surface area contributed by atoms with E-state index in [0.29, 0.717) is 19.4 Å². The summed E-state index contributed by atoms with van der Waals surface area (Å²) in [6.45, 7) is 2.39. The van der Waals surface area contributed by atoms with Gasteiger partial charge in [-0.3, -0.25) is 4.79 Å². The molecule has 1 N–H and O–H groups in total. The third-order valence-electron chi connectivity index (χ3n) is 2.51. The monoisotopic (exact) mass is 303 g/mol. The molecule has 0 spiro atoms. The standard InChI is InChI=1S/C11H14BrNO2S/c12-10-1-4-16-11(10)6-8(14)5-9-7-13-2-3-15-9/h1,4,9,13H,2-3,5-7H2. The van der Waals surface area contributed by atoms with Gasteiger partial charge in [0, 0.05) is 35.3 Å². The molecule has 1 aromatic rings. The lowest BCUT2D eigenvalue weighted by atomic mass is 10.1. The van der Waals surface area contributed by atoms with E-state index in [-0.39, 0.29) is 11.9 Å². The molecule has 16 heavy (non-hydrogen) atoms.